The minimum atomic E-state index is -0.905. The van der Waals surface area contributed by atoms with E-state index in [-0.39, 0.29) is 18.4 Å². The molecule has 1 aliphatic rings. The van der Waals surface area contributed by atoms with E-state index in [1.54, 1.807) is 24.3 Å². The Morgan fingerprint density at radius 2 is 2.11 bits per heavy atom. The van der Waals surface area contributed by atoms with Gasteiger partial charge in [-0.15, -0.1) is 0 Å². The molecule has 102 valence electrons. The molecule has 0 unspecified atom stereocenters. The largest absolute Gasteiger partial charge is 0.481 e. The number of carboxylic acid groups (broad SMARTS) is 1. The highest BCUT2D eigenvalue weighted by Crippen LogP contribution is 2.17. The van der Waals surface area contributed by atoms with Gasteiger partial charge in [0, 0.05) is 5.69 Å². The van der Waals surface area contributed by atoms with Gasteiger partial charge in [0.15, 0.2) is 0 Å². The van der Waals surface area contributed by atoms with Gasteiger partial charge in [-0.2, -0.15) is 0 Å². The van der Waals surface area contributed by atoms with Crippen molar-refractivity contribution in [2.75, 3.05) is 11.9 Å². The summed E-state index contributed by atoms with van der Waals surface area (Å²) in [5, 5.41) is 14.8. The Bertz CT molecular complexity index is 468. The number of hydrogen-bond donors (Lipinski definition) is 3. The lowest BCUT2D eigenvalue weighted by atomic mass is 10.0. The second-order valence-corrected chi connectivity index (χ2v) is 4.72. The molecule has 1 heterocycles. The van der Waals surface area contributed by atoms with Gasteiger partial charge in [0.2, 0.25) is 5.91 Å². The molecule has 0 aliphatic carbocycles. The highest BCUT2D eigenvalue weighted by Gasteiger charge is 2.21. The molecule has 5 heteroatoms. The fraction of sp³-hybridized carbons (Fsp3) is 0.429. The number of nitrogens with one attached hydrogen (secondary N) is 2. The smallest absolute Gasteiger partial charge is 0.307 e. The Balaban J connectivity index is 2.05. The van der Waals surface area contributed by atoms with E-state index >= 15 is 0 Å². The molecule has 1 saturated heterocycles. The summed E-state index contributed by atoms with van der Waals surface area (Å²) in [5.41, 5.74) is 1.21. The number of aliphatic carboxylic acids is 1. The van der Waals surface area contributed by atoms with E-state index in [2.05, 4.69) is 10.6 Å². The van der Waals surface area contributed by atoms with Crippen LogP contribution in [0.2, 0.25) is 0 Å². The van der Waals surface area contributed by atoms with Crippen molar-refractivity contribution in [1.29, 1.82) is 0 Å². The Morgan fingerprint density at radius 1 is 1.32 bits per heavy atom. The highest BCUT2D eigenvalue weighted by atomic mass is 16.4. The zero-order chi connectivity index (χ0) is 13.7. The van der Waals surface area contributed by atoms with Crippen LogP contribution in [0, 0.1) is 0 Å². The van der Waals surface area contributed by atoms with E-state index in [1.165, 1.54) is 0 Å². The molecular weight excluding hydrogens is 244 g/mol. The van der Waals surface area contributed by atoms with Gasteiger partial charge in [0.1, 0.15) is 0 Å². The Hall–Kier alpha value is -1.88. The monoisotopic (exact) mass is 262 g/mol. The first-order valence-electron chi connectivity index (χ1n) is 6.51. The average Bonchev–Trinajstić information content (AvgIpc) is 2.41. The number of para-hydroxylation sites is 1. The maximum absolute atomic E-state index is 12.1. The maximum Gasteiger partial charge on any atom is 0.307 e. The number of piperidine rings is 1. The summed E-state index contributed by atoms with van der Waals surface area (Å²) in [6, 6.07) is 6.84. The second-order valence-electron chi connectivity index (χ2n) is 4.72. The lowest BCUT2D eigenvalue weighted by molar-refractivity contribution is -0.136. The van der Waals surface area contributed by atoms with Crippen molar-refractivity contribution in [3.63, 3.8) is 0 Å². The molecule has 1 aromatic carbocycles. The minimum absolute atomic E-state index is 0.0856. The standard InChI is InChI=1S/C14H18N2O3/c17-13(18)9-10-5-1-2-6-11(10)16-14(19)12-7-3-4-8-15-12/h1-2,5-6,12,15H,3-4,7-9H2,(H,16,19)(H,17,18)/t12-/m1/s1. The van der Waals surface area contributed by atoms with Crippen LogP contribution in [0.3, 0.4) is 0 Å². The second kappa shape index (κ2) is 6.33. The highest BCUT2D eigenvalue weighted by molar-refractivity contribution is 5.96. The fourth-order valence-corrected chi connectivity index (χ4v) is 2.25. The van der Waals surface area contributed by atoms with Crippen molar-refractivity contribution in [1.82, 2.24) is 5.32 Å². The molecule has 1 amide bonds. The topological polar surface area (TPSA) is 78.4 Å². The SMILES string of the molecule is O=C(O)Cc1ccccc1NC(=O)[C@H]1CCCCN1. The van der Waals surface area contributed by atoms with Crippen LogP contribution >= 0.6 is 0 Å². The molecule has 1 fully saturated rings. The lowest BCUT2D eigenvalue weighted by Crippen LogP contribution is -2.43. The summed E-state index contributed by atoms with van der Waals surface area (Å²) in [6.45, 7) is 0.856. The summed E-state index contributed by atoms with van der Waals surface area (Å²) in [5.74, 6) is -0.991. The predicted molar refractivity (Wildman–Crippen MR) is 72.1 cm³/mol. The molecular formula is C14H18N2O3. The van der Waals surface area contributed by atoms with Gasteiger partial charge in [0.05, 0.1) is 12.5 Å². The number of carbonyl (C=O) groups excluding carboxylic acids is 1. The molecule has 1 aliphatic heterocycles. The summed E-state index contributed by atoms with van der Waals surface area (Å²) in [4.78, 5) is 22.9. The van der Waals surface area contributed by atoms with Gasteiger partial charge < -0.3 is 15.7 Å². The van der Waals surface area contributed by atoms with E-state index in [9.17, 15) is 9.59 Å². The average molecular weight is 262 g/mol. The third kappa shape index (κ3) is 3.79. The molecule has 5 nitrogen and oxygen atoms in total. The first-order valence-corrected chi connectivity index (χ1v) is 6.51. The Morgan fingerprint density at radius 3 is 2.79 bits per heavy atom. The number of anilines is 1. The van der Waals surface area contributed by atoms with Crippen molar-refractivity contribution in [2.45, 2.75) is 31.7 Å². The molecule has 1 aromatic rings. The van der Waals surface area contributed by atoms with Crippen LogP contribution in [0.15, 0.2) is 24.3 Å². The summed E-state index contributed by atoms with van der Waals surface area (Å²) in [7, 11) is 0. The molecule has 0 spiro atoms. The molecule has 0 saturated carbocycles. The minimum Gasteiger partial charge on any atom is -0.481 e. The van der Waals surface area contributed by atoms with Crippen LogP contribution < -0.4 is 10.6 Å². The molecule has 3 N–H and O–H groups in total. The molecule has 2 rings (SSSR count). The number of amides is 1. The number of rotatable bonds is 4. The number of hydrogen-bond acceptors (Lipinski definition) is 3. The maximum atomic E-state index is 12.1. The third-order valence-corrected chi connectivity index (χ3v) is 3.24. The molecule has 0 bridgehead atoms. The lowest BCUT2D eigenvalue weighted by Gasteiger charge is -2.23. The van der Waals surface area contributed by atoms with Crippen LogP contribution in [-0.4, -0.2) is 29.6 Å². The van der Waals surface area contributed by atoms with Crippen molar-refractivity contribution in [3.8, 4) is 0 Å². The van der Waals surface area contributed by atoms with Gasteiger partial charge in [-0.25, -0.2) is 0 Å². The van der Waals surface area contributed by atoms with E-state index < -0.39 is 5.97 Å². The fourth-order valence-electron chi connectivity index (χ4n) is 2.25. The zero-order valence-corrected chi connectivity index (χ0v) is 10.7. The Labute approximate surface area is 112 Å². The summed E-state index contributed by atoms with van der Waals surface area (Å²) < 4.78 is 0. The number of benzene rings is 1. The predicted octanol–water partition coefficient (Wildman–Crippen LogP) is 1.39. The third-order valence-electron chi connectivity index (χ3n) is 3.24. The van der Waals surface area contributed by atoms with Gasteiger partial charge in [-0.3, -0.25) is 9.59 Å². The molecule has 1 atom stereocenters. The first kappa shape index (κ1) is 13.5. The van der Waals surface area contributed by atoms with Crippen LogP contribution in [0.1, 0.15) is 24.8 Å². The van der Waals surface area contributed by atoms with Crippen molar-refractivity contribution in [3.05, 3.63) is 29.8 Å². The van der Waals surface area contributed by atoms with Crippen LogP contribution in [0.5, 0.6) is 0 Å². The van der Waals surface area contributed by atoms with Crippen molar-refractivity contribution < 1.29 is 14.7 Å². The molecule has 19 heavy (non-hydrogen) atoms. The van der Waals surface area contributed by atoms with Crippen LogP contribution in [0.4, 0.5) is 5.69 Å². The van der Waals surface area contributed by atoms with E-state index in [1.807, 2.05) is 0 Å². The summed E-state index contributed by atoms with van der Waals surface area (Å²) >= 11 is 0. The van der Waals surface area contributed by atoms with Gasteiger partial charge in [0.25, 0.3) is 0 Å². The van der Waals surface area contributed by atoms with Gasteiger partial charge in [-0.1, -0.05) is 24.6 Å². The molecule has 0 radical (unpaired) electrons. The van der Waals surface area contributed by atoms with E-state index in [0.717, 1.165) is 25.8 Å². The van der Waals surface area contributed by atoms with Crippen molar-refractivity contribution >= 4 is 17.6 Å². The zero-order valence-electron chi connectivity index (χ0n) is 10.7. The number of carbonyl (C=O) groups is 2. The van der Waals surface area contributed by atoms with E-state index in [0.29, 0.717) is 11.3 Å². The van der Waals surface area contributed by atoms with Crippen LogP contribution in [-0.2, 0) is 16.0 Å². The molecule has 0 aromatic heterocycles. The summed E-state index contributed by atoms with van der Waals surface area (Å²) in [6.07, 6.45) is 2.88. The Kier molecular flexibility index (Phi) is 4.52. The quantitative estimate of drug-likeness (QED) is 0.766. The van der Waals surface area contributed by atoms with Crippen LogP contribution in [0.25, 0.3) is 0 Å². The van der Waals surface area contributed by atoms with E-state index in [4.69, 9.17) is 5.11 Å². The van der Waals surface area contributed by atoms with Crippen molar-refractivity contribution in [2.24, 2.45) is 0 Å². The van der Waals surface area contributed by atoms with Gasteiger partial charge in [-0.05, 0) is 31.0 Å². The number of carboxylic acids is 1. The first-order chi connectivity index (χ1) is 9.16. The van der Waals surface area contributed by atoms with Gasteiger partial charge >= 0.3 is 5.97 Å². The normalized spacial score (nSPS) is 18.8.